The van der Waals surface area contributed by atoms with Crippen molar-refractivity contribution in [3.8, 4) is 44.9 Å². The van der Waals surface area contributed by atoms with Gasteiger partial charge in [-0.3, -0.25) is 14.2 Å². The lowest BCUT2D eigenvalue weighted by molar-refractivity contribution is 0.0942. The fraction of sp³-hybridized carbons (Fsp3) is 0.226. The molecule has 0 spiro atoms. The van der Waals surface area contributed by atoms with Gasteiger partial charge in [-0.1, -0.05) is 0 Å². The number of carbonyl (C=O) groups excluding carboxylic acids is 2. The predicted octanol–water partition coefficient (Wildman–Crippen LogP) is 3.34. The van der Waals surface area contributed by atoms with Crippen LogP contribution in [-0.4, -0.2) is 78.1 Å². The van der Waals surface area contributed by atoms with E-state index in [1.54, 1.807) is 24.3 Å². The second-order valence-electron chi connectivity index (χ2n) is 10.3. The van der Waals surface area contributed by atoms with Crippen LogP contribution in [0.5, 0.6) is 34.5 Å². The van der Waals surface area contributed by atoms with Crippen molar-refractivity contribution in [3.63, 3.8) is 0 Å². The molecule has 262 valence electrons. The highest BCUT2D eigenvalue weighted by atomic mass is 32.2. The molecule has 0 aliphatic carbocycles. The molecule has 49 heavy (non-hydrogen) atoms. The largest absolute Gasteiger partial charge is 0.504 e. The molecule has 1 atom stereocenters. The highest BCUT2D eigenvalue weighted by Gasteiger charge is 2.19. The van der Waals surface area contributed by atoms with Crippen LogP contribution in [0.2, 0.25) is 0 Å². The second-order valence-corrected chi connectivity index (χ2v) is 14.5. The maximum Gasteiger partial charge on any atom is 0.251 e. The Kier molecular flexibility index (Phi) is 12.9. The van der Waals surface area contributed by atoms with Crippen LogP contribution in [0.4, 0.5) is 0 Å². The highest BCUT2D eigenvalue weighted by Crippen LogP contribution is 2.37. The summed E-state index contributed by atoms with van der Waals surface area (Å²) in [5, 5.41) is 43.5. The average molecular weight is 736 g/mol. The summed E-state index contributed by atoms with van der Waals surface area (Å²) in [6, 6.07) is 15.4. The third kappa shape index (κ3) is 10.6. The molecule has 1 unspecified atom stereocenters. The first-order valence-electron chi connectivity index (χ1n) is 14.7. The van der Waals surface area contributed by atoms with Crippen LogP contribution in [0, 0.1) is 0 Å². The zero-order valence-electron chi connectivity index (χ0n) is 25.7. The minimum atomic E-state index is -3.99. The van der Waals surface area contributed by atoms with E-state index >= 15 is 0 Å². The Bertz CT molecular complexity index is 1930. The molecule has 2 amide bonds. The molecule has 0 radical (unpaired) electrons. The molecule has 0 aliphatic rings. The molecule has 18 heteroatoms. The second kappa shape index (κ2) is 17.0. The zero-order chi connectivity index (χ0) is 35.6. The van der Waals surface area contributed by atoms with Crippen LogP contribution in [0.25, 0.3) is 10.4 Å². The lowest BCUT2D eigenvalue weighted by atomic mass is 10.1. The Labute approximate surface area is 285 Å². The number of hydrogen-bond donors (Lipinski definition) is 8. The van der Waals surface area contributed by atoms with Crippen LogP contribution < -0.4 is 24.8 Å². The molecular formula is C31H34N3O12PS2. The minimum absolute atomic E-state index is 0.0456. The van der Waals surface area contributed by atoms with E-state index in [2.05, 4.69) is 15.4 Å². The zero-order valence-corrected chi connectivity index (χ0v) is 28.3. The fourth-order valence-electron chi connectivity index (χ4n) is 4.19. The number of sulfonamides is 1. The van der Waals surface area contributed by atoms with Crippen molar-refractivity contribution in [2.45, 2.75) is 17.1 Å². The van der Waals surface area contributed by atoms with Crippen molar-refractivity contribution in [1.82, 2.24) is 15.4 Å². The maximum atomic E-state index is 12.5. The molecule has 1 heterocycles. The van der Waals surface area contributed by atoms with E-state index in [1.807, 2.05) is 0 Å². The van der Waals surface area contributed by atoms with Gasteiger partial charge in [-0.05, 0) is 85.1 Å². The number of rotatable bonds is 17. The number of nitrogens with one attached hydrogen (secondary N) is 3. The molecule has 0 aliphatic heterocycles. The maximum absolute atomic E-state index is 12.5. The average Bonchev–Trinajstić information content (AvgIpc) is 3.58. The van der Waals surface area contributed by atoms with E-state index in [1.165, 1.54) is 30.3 Å². The predicted molar refractivity (Wildman–Crippen MR) is 181 cm³/mol. The van der Waals surface area contributed by atoms with Crippen molar-refractivity contribution in [2.24, 2.45) is 0 Å². The summed E-state index contributed by atoms with van der Waals surface area (Å²) in [5.74, 6) is -1.74. The normalized spacial score (nSPS) is 11.9. The van der Waals surface area contributed by atoms with Crippen molar-refractivity contribution in [2.75, 3.05) is 32.6 Å². The Hall–Kier alpha value is -4.80. The van der Waals surface area contributed by atoms with Gasteiger partial charge in [0.15, 0.2) is 34.5 Å². The summed E-state index contributed by atoms with van der Waals surface area (Å²) in [7, 11) is -7.04. The van der Waals surface area contributed by atoms with Crippen LogP contribution in [0.1, 0.15) is 33.6 Å². The molecular weight excluding hydrogens is 701 g/mol. The first-order valence-corrected chi connectivity index (χ1v) is 18.5. The van der Waals surface area contributed by atoms with Crippen molar-refractivity contribution in [3.05, 3.63) is 77.9 Å². The van der Waals surface area contributed by atoms with E-state index < -0.39 is 47.7 Å². The Morgan fingerprint density at radius 3 is 1.80 bits per heavy atom. The van der Waals surface area contributed by atoms with Crippen molar-refractivity contribution < 1.29 is 57.4 Å². The molecule has 0 fully saturated rings. The summed E-state index contributed by atoms with van der Waals surface area (Å²) in [5.41, 5.74) is 0.939. The van der Waals surface area contributed by atoms with Gasteiger partial charge < -0.3 is 45.4 Å². The van der Waals surface area contributed by atoms with Gasteiger partial charge >= 0.3 is 0 Å². The Balaban J connectivity index is 1.38. The number of thiophene rings is 1. The molecule has 1 aromatic heterocycles. The lowest BCUT2D eigenvalue weighted by Gasteiger charge is -2.15. The minimum Gasteiger partial charge on any atom is -0.504 e. The molecule has 3 aromatic carbocycles. The smallest absolute Gasteiger partial charge is 0.251 e. The SMILES string of the molecule is O=C(NCCCOc1ccc(-c2ccc(S(=O)(=O)NC[PH](=O)O)s2)cc1OCCCNC(=O)c1ccc(O)c(O)c1)c1ccc(O)c(O)c1. The third-order valence-corrected chi connectivity index (χ3v) is 10.5. The van der Waals surface area contributed by atoms with Gasteiger partial charge in [0.1, 0.15) is 4.21 Å². The summed E-state index contributed by atoms with van der Waals surface area (Å²) in [4.78, 5) is 34.3. The van der Waals surface area contributed by atoms with Gasteiger partial charge in [-0.2, -0.15) is 0 Å². The van der Waals surface area contributed by atoms with Crippen LogP contribution in [0.3, 0.4) is 0 Å². The number of benzene rings is 3. The van der Waals surface area contributed by atoms with E-state index in [-0.39, 0.29) is 53.1 Å². The van der Waals surface area contributed by atoms with E-state index in [4.69, 9.17) is 14.4 Å². The highest BCUT2D eigenvalue weighted by molar-refractivity contribution is 7.91. The molecule has 0 saturated heterocycles. The quantitative estimate of drug-likeness (QED) is 0.0443. The van der Waals surface area contributed by atoms with Crippen LogP contribution in [0.15, 0.2) is 70.9 Å². The third-order valence-electron chi connectivity index (χ3n) is 6.69. The van der Waals surface area contributed by atoms with Crippen LogP contribution in [-0.2, 0) is 14.6 Å². The summed E-state index contributed by atoms with van der Waals surface area (Å²) >= 11 is 0.951. The number of phenolic OH excluding ortho intramolecular Hbond substituents is 4. The summed E-state index contributed by atoms with van der Waals surface area (Å²) in [6.45, 7) is 0.769. The molecule has 0 saturated carbocycles. The van der Waals surface area contributed by atoms with Gasteiger partial charge in [0, 0.05) is 29.1 Å². The van der Waals surface area contributed by atoms with Gasteiger partial charge in [0.05, 0.1) is 19.5 Å². The molecule has 15 nitrogen and oxygen atoms in total. The number of hydrogen-bond acceptors (Lipinski definition) is 12. The molecule has 4 rings (SSSR count). The number of amides is 2. The number of aromatic hydroxyl groups is 4. The molecule has 4 aromatic rings. The number of carbonyl (C=O) groups is 2. The van der Waals surface area contributed by atoms with Gasteiger partial charge in [0.2, 0.25) is 8.03 Å². The Morgan fingerprint density at radius 1 is 0.714 bits per heavy atom. The lowest BCUT2D eigenvalue weighted by Crippen LogP contribution is -2.25. The van der Waals surface area contributed by atoms with Gasteiger partial charge in [-0.25, -0.2) is 13.1 Å². The van der Waals surface area contributed by atoms with Gasteiger partial charge in [0.25, 0.3) is 21.8 Å². The van der Waals surface area contributed by atoms with Crippen LogP contribution >= 0.6 is 19.4 Å². The topological polar surface area (TPSA) is 241 Å². The Morgan fingerprint density at radius 2 is 1.27 bits per heavy atom. The standard InChI is InChI=1S/C31H34N3O12PS2/c35-22-6-3-20(15-24(22)37)30(39)32-11-1-13-45-26-8-5-19(28-9-10-29(48-28)49(43,44)34-18-47(41)42)17-27(26)46-14-2-12-33-31(40)21-4-7-23(36)25(38)16-21/h3-10,15-17,34-38,47H,1-2,11-14,18H2,(H,32,39)(H,33,40)(H,41,42). The first kappa shape index (κ1) is 37.0. The van der Waals surface area contributed by atoms with Crippen molar-refractivity contribution in [1.29, 1.82) is 0 Å². The van der Waals surface area contributed by atoms with E-state index in [9.17, 15) is 43.0 Å². The fourth-order valence-corrected chi connectivity index (χ4v) is 7.45. The summed E-state index contributed by atoms with van der Waals surface area (Å²) < 4.78 is 50.0. The monoisotopic (exact) mass is 735 g/mol. The number of phenols is 4. The molecule has 0 bridgehead atoms. The molecule has 8 N–H and O–H groups in total. The first-order chi connectivity index (χ1) is 23.3. The number of ether oxygens (including phenoxy) is 2. The van der Waals surface area contributed by atoms with Crippen molar-refractivity contribution >= 4 is 41.2 Å². The van der Waals surface area contributed by atoms with Gasteiger partial charge in [-0.15, -0.1) is 11.3 Å². The van der Waals surface area contributed by atoms with E-state index in [0.717, 1.165) is 23.5 Å². The summed E-state index contributed by atoms with van der Waals surface area (Å²) in [6.07, 6.45) is 0.195. The van der Waals surface area contributed by atoms with E-state index in [0.29, 0.717) is 34.8 Å².